The Kier molecular flexibility index (Phi) is 3.12. The van der Waals surface area contributed by atoms with Gasteiger partial charge in [-0.15, -0.1) is 11.8 Å². The highest BCUT2D eigenvalue weighted by Crippen LogP contribution is 2.30. The van der Waals surface area contributed by atoms with Gasteiger partial charge < -0.3 is 15.4 Å². The second-order valence-corrected chi connectivity index (χ2v) is 3.95. The quantitative estimate of drug-likeness (QED) is 0.789. The summed E-state index contributed by atoms with van der Waals surface area (Å²) in [5.74, 6) is 1.02. The summed E-state index contributed by atoms with van der Waals surface area (Å²) in [4.78, 5) is 4.89. The first-order valence-electron chi connectivity index (χ1n) is 4.64. The third-order valence-corrected chi connectivity index (χ3v) is 2.86. The number of phenols is 1. The van der Waals surface area contributed by atoms with E-state index in [9.17, 15) is 5.11 Å². The van der Waals surface area contributed by atoms with Crippen molar-refractivity contribution in [3.05, 3.63) is 24.1 Å². The van der Waals surface area contributed by atoms with Crippen molar-refractivity contribution in [2.45, 2.75) is 11.4 Å². The Morgan fingerprint density at radius 3 is 2.88 bits per heavy atom. The summed E-state index contributed by atoms with van der Waals surface area (Å²) in [6, 6.07) is 5.25. The molecule has 0 aliphatic heterocycles. The molecule has 0 bridgehead atoms. The minimum Gasteiger partial charge on any atom is -0.507 e. The van der Waals surface area contributed by atoms with Crippen molar-refractivity contribution in [1.29, 1.82) is 0 Å². The maximum atomic E-state index is 9.68. The van der Waals surface area contributed by atoms with E-state index in [0.717, 1.165) is 4.90 Å². The van der Waals surface area contributed by atoms with Crippen LogP contribution in [0.1, 0.15) is 5.89 Å². The van der Waals surface area contributed by atoms with E-state index in [1.807, 2.05) is 18.4 Å². The van der Waals surface area contributed by atoms with Gasteiger partial charge in [0, 0.05) is 10.5 Å². The summed E-state index contributed by atoms with van der Waals surface area (Å²) in [5, 5.41) is 13.5. The van der Waals surface area contributed by atoms with E-state index in [1.54, 1.807) is 6.07 Å². The fourth-order valence-electron chi connectivity index (χ4n) is 1.28. The smallest absolute Gasteiger partial charge is 0.240 e. The molecule has 0 radical (unpaired) electrons. The average molecular weight is 237 g/mol. The molecule has 0 amide bonds. The average Bonchev–Trinajstić information content (AvgIpc) is 2.77. The molecular weight excluding hydrogens is 226 g/mol. The number of hydrogen-bond donors (Lipinski definition) is 2. The van der Waals surface area contributed by atoms with Crippen LogP contribution >= 0.6 is 11.8 Å². The van der Waals surface area contributed by atoms with Gasteiger partial charge in [0.15, 0.2) is 0 Å². The SMILES string of the molecule is CSc1ccc(-c2noc(CN)n2)cc1O. The predicted molar refractivity (Wildman–Crippen MR) is 61.1 cm³/mol. The fourth-order valence-corrected chi connectivity index (χ4v) is 1.76. The molecule has 16 heavy (non-hydrogen) atoms. The largest absolute Gasteiger partial charge is 0.507 e. The number of aromatic nitrogens is 2. The lowest BCUT2D eigenvalue weighted by Gasteiger charge is -2.01. The van der Waals surface area contributed by atoms with Crippen molar-refractivity contribution in [1.82, 2.24) is 10.1 Å². The number of hydrogen-bond acceptors (Lipinski definition) is 6. The maximum Gasteiger partial charge on any atom is 0.240 e. The Morgan fingerprint density at radius 2 is 2.31 bits per heavy atom. The lowest BCUT2D eigenvalue weighted by Crippen LogP contribution is -1.95. The number of nitrogens with zero attached hydrogens (tertiary/aromatic N) is 2. The van der Waals surface area contributed by atoms with E-state index in [0.29, 0.717) is 17.3 Å². The molecule has 5 nitrogen and oxygen atoms in total. The molecule has 1 aromatic carbocycles. The number of phenolic OH excluding ortho intramolecular Hbond substituents is 1. The van der Waals surface area contributed by atoms with E-state index in [2.05, 4.69) is 10.1 Å². The van der Waals surface area contributed by atoms with Crippen LogP contribution in [0.2, 0.25) is 0 Å². The van der Waals surface area contributed by atoms with Crippen LogP contribution in [0.15, 0.2) is 27.6 Å². The van der Waals surface area contributed by atoms with Crippen molar-refractivity contribution in [3.8, 4) is 17.1 Å². The van der Waals surface area contributed by atoms with Gasteiger partial charge in [-0.05, 0) is 24.5 Å². The third kappa shape index (κ3) is 2.02. The molecule has 1 aromatic heterocycles. The Bertz CT molecular complexity index is 499. The van der Waals surface area contributed by atoms with Crippen molar-refractivity contribution in [2.24, 2.45) is 5.73 Å². The third-order valence-electron chi connectivity index (χ3n) is 2.08. The predicted octanol–water partition coefficient (Wildman–Crippen LogP) is 1.62. The molecule has 0 saturated heterocycles. The second-order valence-electron chi connectivity index (χ2n) is 3.10. The van der Waals surface area contributed by atoms with Crippen LogP contribution in [0.3, 0.4) is 0 Å². The molecule has 2 aromatic rings. The first-order valence-corrected chi connectivity index (χ1v) is 5.87. The lowest BCUT2D eigenvalue weighted by atomic mass is 10.2. The van der Waals surface area contributed by atoms with Gasteiger partial charge in [0.1, 0.15) is 5.75 Å². The zero-order valence-electron chi connectivity index (χ0n) is 8.67. The van der Waals surface area contributed by atoms with Gasteiger partial charge in [0.05, 0.1) is 6.54 Å². The monoisotopic (exact) mass is 237 g/mol. The number of aromatic hydroxyl groups is 1. The van der Waals surface area contributed by atoms with E-state index in [4.69, 9.17) is 10.3 Å². The molecule has 0 aliphatic rings. The van der Waals surface area contributed by atoms with Crippen LogP contribution in [0.25, 0.3) is 11.4 Å². The van der Waals surface area contributed by atoms with Gasteiger partial charge in [-0.3, -0.25) is 0 Å². The topological polar surface area (TPSA) is 85.2 Å². The minimum atomic E-state index is 0.210. The summed E-state index contributed by atoms with van der Waals surface area (Å²) in [5.41, 5.74) is 6.07. The van der Waals surface area contributed by atoms with Gasteiger partial charge >= 0.3 is 0 Å². The van der Waals surface area contributed by atoms with Gasteiger partial charge in [-0.25, -0.2) is 0 Å². The number of thioether (sulfide) groups is 1. The molecule has 0 atom stereocenters. The summed E-state index contributed by atoms with van der Waals surface area (Å²) in [6.45, 7) is 0.210. The second kappa shape index (κ2) is 4.54. The van der Waals surface area contributed by atoms with Crippen LogP contribution in [-0.4, -0.2) is 21.5 Å². The molecule has 0 unspecified atom stereocenters. The molecule has 0 aliphatic carbocycles. The van der Waals surface area contributed by atoms with E-state index >= 15 is 0 Å². The van der Waals surface area contributed by atoms with Gasteiger partial charge in [-0.2, -0.15) is 4.98 Å². The summed E-state index contributed by atoms with van der Waals surface area (Å²) < 4.78 is 4.89. The highest BCUT2D eigenvalue weighted by Gasteiger charge is 2.09. The Morgan fingerprint density at radius 1 is 1.50 bits per heavy atom. The van der Waals surface area contributed by atoms with Crippen molar-refractivity contribution >= 4 is 11.8 Å². The molecule has 84 valence electrons. The molecular formula is C10H11N3O2S. The van der Waals surface area contributed by atoms with Crippen molar-refractivity contribution in [3.63, 3.8) is 0 Å². The maximum absolute atomic E-state index is 9.68. The molecule has 0 spiro atoms. The zero-order valence-corrected chi connectivity index (χ0v) is 9.49. The standard InChI is InChI=1S/C10H11N3O2S/c1-16-8-3-2-6(4-7(8)14)10-12-9(5-11)15-13-10/h2-4,14H,5,11H2,1H3. The van der Waals surface area contributed by atoms with Crippen molar-refractivity contribution < 1.29 is 9.63 Å². The Balaban J connectivity index is 2.37. The molecule has 3 N–H and O–H groups in total. The first kappa shape index (κ1) is 11.0. The number of benzene rings is 1. The highest BCUT2D eigenvalue weighted by atomic mass is 32.2. The Hall–Kier alpha value is -1.53. The van der Waals surface area contributed by atoms with E-state index in [1.165, 1.54) is 11.8 Å². The summed E-state index contributed by atoms with van der Waals surface area (Å²) in [6.07, 6.45) is 1.90. The van der Waals surface area contributed by atoms with Crippen LogP contribution in [0, 0.1) is 0 Å². The van der Waals surface area contributed by atoms with Crippen LogP contribution in [-0.2, 0) is 6.54 Å². The van der Waals surface area contributed by atoms with Crippen LogP contribution in [0.5, 0.6) is 5.75 Å². The van der Waals surface area contributed by atoms with Gasteiger partial charge in [0.2, 0.25) is 11.7 Å². The van der Waals surface area contributed by atoms with E-state index in [-0.39, 0.29) is 12.3 Å². The lowest BCUT2D eigenvalue weighted by molar-refractivity contribution is 0.380. The summed E-state index contributed by atoms with van der Waals surface area (Å²) in [7, 11) is 0. The highest BCUT2D eigenvalue weighted by molar-refractivity contribution is 7.98. The minimum absolute atomic E-state index is 0.210. The molecule has 2 rings (SSSR count). The number of rotatable bonds is 3. The molecule has 1 heterocycles. The van der Waals surface area contributed by atoms with Crippen LogP contribution < -0.4 is 5.73 Å². The summed E-state index contributed by atoms with van der Waals surface area (Å²) >= 11 is 1.47. The normalized spacial score (nSPS) is 10.6. The van der Waals surface area contributed by atoms with E-state index < -0.39 is 0 Å². The molecule has 0 fully saturated rings. The van der Waals surface area contributed by atoms with Gasteiger partial charge in [-0.1, -0.05) is 5.16 Å². The fraction of sp³-hybridized carbons (Fsp3) is 0.200. The zero-order chi connectivity index (χ0) is 11.5. The Labute approximate surface area is 96.7 Å². The first-order chi connectivity index (χ1) is 7.74. The van der Waals surface area contributed by atoms with Crippen molar-refractivity contribution in [2.75, 3.05) is 6.26 Å². The van der Waals surface area contributed by atoms with Crippen LogP contribution in [0.4, 0.5) is 0 Å². The van der Waals surface area contributed by atoms with Gasteiger partial charge in [0.25, 0.3) is 0 Å². The molecule has 0 saturated carbocycles. The molecule has 6 heteroatoms. The number of nitrogens with two attached hydrogens (primary N) is 1.